The number of rotatable bonds is 2. The van der Waals surface area contributed by atoms with Crippen LogP contribution in [0.3, 0.4) is 0 Å². The largest absolute Gasteiger partial charge is 0.385 e. The fraction of sp³-hybridized carbons (Fsp3) is 0.647. The minimum absolute atomic E-state index is 0.181. The molecule has 1 atom stereocenters. The first-order chi connectivity index (χ1) is 9.63. The third-order valence-electron chi connectivity index (χ3n) is 5.63. The van der Waals surface area contributed by atoms with Gasteiger partial charge < -0.3 is 10.8 Å². The fourth-order valence-corrected chi connectivity index (χ4v) is 4.38. The molecule has 0 bridgehead atoms. The Morgan fingerprint density at radius 1 is 1.10 bits per heavy atom. The van der Waals surface area contributed by atoms with Crippen molar-refractivity contribution in [2.24, 2.45) is 11.1 Å². The van der Waals surface area contributed by atoms with Crippen molar-refractivity contribution in [2.45, 2.75) is 57.0 Å². The molecule has 0 amide bonds. The summed E-state index contributed by atoms with van der Waals surface area (Å²) >= 11 is 0. The molecule has 2 aliphatic rings. The Balaban J connectivity index is 2.06. The Hall–Kier alpha value is -0.930. The second-order valence-electron chi connectivity index (χ2n) is 6.52. The summed E-state index contributed by atoms with van der Waals surface area (Å²) < 4.78 is 14.0. The van der Waals surface area contributed by atoms with Gasteiger partial charge in [0.05, 0.1) is 5.60 Å². The van der Waals surface area contributed by atoms with E-state index in [9.17, 15) is 9.50 Å². The molecule has 0 radical (unpaired) electrons. The van der Waals surface area contributed by atoms with Crippen LogP contribution in [0.2, 0.25) is 0 Å². The summed E-state index contributed by atoms with van der Waals surface area (Å²) in [5.41, 5.74) is 6.40. The third kappa shape index (κ3) is 1.91. The second kappa shape index (κ2) is 5.12. The number of aliphatic hydroxyl groups is 1. The molecule has 1 unspecified atom stereocenters. The number of hydrogen-bond donors (Lipinski definition) is 2. The van der Waals surface area contributed by atoms with Crippen molar-refractivity contribution in [3.63, 3.8) is 0 Å². The molecule has 1 aromatic rings. The summed E-state index contributed by atoms with van der Waals surface area (Å²) in [6.07, 6.45) is 7.81. The number of benzene rings is 1. The van der Waals surface area contributed by atoms with E-state index in [2.05, 4.69) is 0 Å². The highest BCUT2D eigenvalue weighted by molar-refractivity contribution is 5.40. The molecule has 1 aromatic carbocycles. The standard InChI is InChI=1S/C17H24FNO/c18-15-7-5-6-14-13(15)8-11-17(14,20)16(12-19)9-3-1-2-4-10-16/h5-7,20H,1-4,8-12,19H2. The number of fused-ring (bicyclic) bond motifs is 1. The summed E-state index contributed by atoms with van der Waals surface area (Å²) in [6.45, 7) is 0.486. The van der Waals surface area contributed by atoms with E-state index >= 15 is 0 Å². The van der Waals surface area contributed by atoms with Gasteiger partial charge in [0.25, 0.3) is 0 Å². The van der Waals surface area contributed by atoms with Crippen LogP contribution in [0.15, 0.2) is 18.2 Å². The molecule has 2 nitrogen and oxygen atoms in total. The molecule has 3 N–H and O–H groups in total. The van der Waals surface area contributed by atoms with Crippen molar-refractivity contribution < 1.29 is 9.50 Å². The molecule has 0 spiro atoms. The molecule has 3 heteroatoms. The summed E-state index contributed by atoms with van der Waals surface area (Å²) in [5, 5.41) is 11.4. The van der Waals surface area contributed by atoms with Crippen LogP contribution in [0.1, 0.15) is 56.1 Å². The van der Waals surface area contributed by atoms with Gasteiger partial charge in [-0.25, -0.2) is 4.39 Å². The maximum Gasteiger partial charge on any atom is 0.126 e. The number of hydrogen-bond acceptors (Lipinski definition) is 2. The van der Waals surface area contributed by atoms with Gasteiger partial charge >= 0.3 is 0 Å². The van der Waals surface area contributed by atoms with Crippen molar-refractivity contribution in [1.82, 2.24) is 0 Å². The second-order valence-corrected chi connectivity index (χ2v) is 6.52. The highest BCUT2D eigenvalue weighted by atomic mass is 19.1. The zero-order valence-electron chi connectivity index (χ0n) is 12.0. The fourth-order valence-electron chi connectivity index (χ4n) is 4.38. The van der Waals surface area contributed by atoms with E-state index in [1.807, 2.05) is 6.07 Å². The molecular formula is C17H24FNO. The third-order valence-corrected chi connectivity index (χ3v) is 5.63. The van der Waals surface area contributed by atoms with Crippen molar-refractivity contribution >= 4 is 0 Å². The maximum absolute atomic E-state index is 14.0. The van der Waals surface area contributed by atoms with Crippen LogP contribution >= 0.6 is 0 Å². The summed E-state index contributed by atoms with van der Waals surface area (Å²) in [7, 11) is 0. The average molecular weight is 277 g/mol. The predicted octanol–water partition coefficient (Wildman–Crippen LogP) is 3.26. The molecule has 3 rings (SSSR count). The van der Waals surface area contributed by atoms with E-state index in [4.69, 9.17) is 5.73 Å². The topological polar surface area (TPSA) is 46.2 Å². The van der Waals surface area contributed by atoms with Gasteiger partial charge in [-0.15, -0.1) is 0 Å². The minimum atomic E-state index is -0.941. The first kappa shape index (κ1) is 14.0. The van der Waals surface area contributed by atoms with E-state index in [0.29, 0.717) is 24.9 Å². The van der Waals surface area contributed by atoms with Crippen LogP contribution in [0.5, 0.6) is 0 Å². The number of halogens is 1. The molecular weight excluding hydrogens is 253 g/mol. The van der Waals surface area contributed by atoms with Crippen molar-refractivity contribution in [3.05, 3.63) is 35.1 Å². The van der Waals surface area contributed by atoms with E-state index < -0.39 is 5.60 Å². The Kier molecular flexibility index (Phi) is 3.59. The Morgan fingerprint density at radius 3 is 2.45 bits per heavy atom. The lowest BCUT2D eigenvalue weighted by molar-refractivity contribution is -0.0949. The normalized spacial score (nSPS) is 28.9. The Labute approximate surface area is 120 Å². The summed E-state index contributed by atoms with van der Waals surface area (Å²) in [4.78, 5) is 0. The van der Waals surface area contributed by atoms with Gasteiger partial charge in [0.1, 0.15) is 5.82 Å². The lowest BCUT2D eigenvalue weighted by Crippen LogP contribution is -2.49. The zero-order valence-corrected chi connectivity index (χ0v) is 12.0. The van der Waals surface area contributed by atoms with Crippen LogP contribution in [0.25, 0.3) is 0 Å². The average Bonchev–Trinajstić information content (AvgIpc) is 2.66. The lowest BCUT2D eigenvalue weighted by atomic mass is 9.64. The van der Waals surface area contributed by atoms with Crippen molar-refractivity contribution in [3.8, 4) is 0 Å². The van der Waals surface area contributed by atoms with Gasteiger partial charge in [0.15, 0.2) is 0 Å². The smallest absolute Gasteiger partial charge is 0.126 e. The van der Waals surface area contributed by atoms with Gasteiger partial charge in [-0.1, -0.05) is 37.8 Å². The molecule has 2 aliphatic carbocycles. The molecule has 1 fully saturated rings. The quantitative estimate of drug-likeness (QED) is 0.815. The van der Waals surface area contributed by atoms with Crippen LogP contribution in [-0.4, -0.2) is 11.7 Å². The molecule has 0 saturated heterocycles. The van der Waals surface area contributed by atoms with Gasteiger partial charge in [-0.05, 0) is 42.9 Å². The SMILES string of the molecule is NCC1(C2(O)CCc3c(F)cccc32)CCCCCC1. The summed E-state index contributed by atoms with van der Waals surface area (Å²) in [6, 6.07) is 5.10. The van der Waals surface area contributed by atoms with Crippen LogP contribution in [-0.2, 0) is 12.0 Å². The minimum Gasteiger partial charge on any atom is -0.385 e. The molecule has 0 aromatic heterocycles. The van der Waals surface area contributed by atoms with Gasteiger partial charge in [-0.3, -0.25) is 0 Å². The van der Waals surface area contributed by atoms with E-state index in [-0.39, 0.29) is 11.2 Å². The van der Waals surface area contributed by atoms with Gasteiger partial charge in [0, 0.05) is 12.0 Å². The lowest BCUT2D eigenvalue weighted by Gasteiger charge is -2.45. The van der Waals surface area contributed by atoms with Crippen molar-refractivity contribution in [2.75, 3.05) is 6.54 Å². The highest BCUT2D eigenvalue weighted by Crippen LogP contribution is 2.54. The van der Waals surface area contributed by atoms with E-state index in [1.165, 1.54) is 18.9 Å². The van der Waals surface area contributed by atoms with Crippen molar-refractivity contribution in [1.29, 1.82) is 0 Å². The van der Waals surface area contributed by atoms with E-state index in [1.54, 1.807) is 6.07 Å². The number of nitrogens with two attached hydrogens (primary N) is 1. The van der Waals surface area contributed by atoms with Crippen LogP contribution in [0.4, 0.5) is 4.39 Å². The predicted molar refractivity (Wildman–Crippen MR) is 77.8 cm³/mol. The molecule has 20 heavy (non-hydrogen) atoms. The first-order valence-electron chi connectivity index (χ1n) is 7.83. The molecule has 0 aliphatic heterocycles. The van der Waals surface area contributed by atoms with Gasteiger partial charge in [-0.2, -0.15) is 0 Å². The van der Waals surface area contributed by atoms with E-state index in [0.717, 1.165) is 31.2 Å². The van der Waals surface area contributed by atoms with Gasteiger partial charge in [0.2, 0.25) is 0 Å². The Bertz CT molecular complexity index is 494. The summed E-state index contributed by atoms with van der Waals surface area (Å²) in [5.74, 6) is -0.181. The zero-order chi connectivity index (χ0) is 14.2. The highest BCUT2D eigenvalue weighted by Gasteiger charge is 2.53. The monoisotopic (exact) mass is 277 g/mol. The Morgan fingerprint density at radius 2 is 1.80 bits per heavy atom. The molecule has 1 saturated carbocycles. The maximum atomic E-state index is 14.0. The molecule has 0 heterocycles. The molecule has 110 valence electrons. The van der Waals surface area contributed by atoms with Crippen LogP contribution in [0, 0.1) is 11.2 Å². The van der Waals surface area contributed by atoms with Crippen LogP contribution < -0.4 is 5.73 Å². The first-order valence-corrected chi connectivity index (χ1v) is 7.83.